The fourth-order valence-electron chi connectivity index (χ4n) is 5.63. The average molecular weight is 570 g/mol. The zero-order valence-electron chi connectivity index (χ0n) is 23.9. The van der Waals surface area contributed by atoms with Crippen LogP contribution in [-0.4, -0.2) is 86.5 Å². The van der Waals surface area contributed by atoms with E-state index < -0.39 is 5.91 Å². The van der Waals surface area contributed by atoms with Crippen molar-refractivity contribution < 1.29 is 19.1 Å². The molecule has 220 valence electrons. The molecule has 0 saturated carbocycles. The van der Waals surface area contributed by atoms with Crippen molar-refractivity contribution in [3.8, 4) is 22.3 Å². The van der Waals surface area contributed by atoms with E-state index in [2.05, 4.69) is 15.5 Å². The van der Waals surface area contributed by atoms with Crippen LogP contribution in [0.15, 0.2) is 66.7 Å². The van der Waals surface area contributed by atoms with Gasteiger partial charge in [-0.2, -0.15) is 0 Å². The van der Waals surface area contributed by atoms with Crippen molar-refractivity contribution in [3.05, 3.63) is 77.9 Å². The number of likely N-dealkylation sites (tertiary alicyclic amines) is 1. The first kappa shape index (κ1) is 29.4. The van der Waals surface area contributed by atoms with Crippen LogP contribution >= 0.6 is 0 Å². The maximum absolute atomic E-state index is 13.5. The lowest BCUT2D eigenvalue weighted by Crippen LogP contribution is -2.41. The van der Waals surface area contributed by atoms with Crippen LogP contribution in [0, 0.1) is 0 Å². The van der Waals surface area contributed by atoms with Crippen LogP contribution in [-0.2, 0) is 9.53 Å². The molecule has 2 heterocycles. The minimum Gasteiger partial charge on any atom is -0.379 e. The number of carbonyl (C=O) groups excluding carboxylic acids is 3. The zero-order valence-corrected chi connectivity index (χ0v) is 23.9. The van der Waals surface area contributed by atoms with Gasteiger partial charge in [0.15, 0.2) is 0 Å². The number of hydrogen-bond donors (Lipinski definition) is 3. The molecular formula is C33H39N5O4. The van der Waals surface area contributed by atoms with Crippen molar-refractivity contribution in [1.82, 2.24) is 15.1 Å². The van der Waals surface area contributed by atoms with E-state index in [1.807, 2.05) is 59.5 Å². The summed E-state index contributed by atoms with van der Waals surface area (Å²) in [5.41, 5.74) is 9.80. The van der Waals surface area contributed by atoms with E-state index in [1.165, 1.54) is 12.8 Å². The molecule has 3 aromatic carbocycles. The normalized spacial score (nSPS) is 15.8. The highest BCUT2D eigenvalue weighted by molar-refractivity contribution is 6.13. The molecule has 2 aliphatic heterocycles. The molecule has 0 atom stereocenters. The van der Waals surface area contributed by atoms with Gasteiger partial charge in [-0.3, -0.25) is 19.3 Å². The fourth-order valence-corrected chi connectivity index (χ4v) is 5.63. The van der Waals surface area contributed by atoms with Crippen molar-refractivity contribution in [2.75, 3.05) is 64.3 Å². The highest BCUT2D eigenvalue weighted by Crippen LogP contribution is 2.36. The lowest BCUT2D eigenvalue weighted by molar-refractivity contribution is -0.118. The first-order valence-electron chi connectivity index (χ1n) is 14.7. The predicted molar refractivity (Wildman–Crippen MR) is 164 cm³/mol. The summed E-state index contributed by atoms with van der Waals surface area (Å²) >= 11 is 0. The number of rotatable bonds is 11. The Balaban J connectivity index is 1.45. The van der Waals surface area contributed by atoms with Gasteiger partial charge in [-0.15, -0.1) is 0 Å². The Morgan fingerprint density at radius 2 is 1.40 bits per heavy atom. The van der Waals surface area contributed by atoms with Crippen LogP contribution in [0.1, 0.15) is 40.0 Å². The second kappa shape index (κ2) is 14.2. The number of nitrogens with two attached hydrogens (primary N) is 1. The van der Waals surface area contributed by atoms with Gasteiger partial charge in [0.1, 0.15) is 0 Å². The van der Waals surface area contributed by atoms with Crippen molar-refractivity contribution >= 4 is 23.4 Å². The van der Waals surface area contributed by atoms with Gasteiger partial charge in [-0.05, 0) is 67.7 Å². The third-order valence-electron chi connectivity index (χ3n) is 7.87. The first-order chi connectivity index (χ1) is 20.5. The summed E-state index contributed by atoms with van der Waals surface area (Å²) in [5.74, 6) is -1.22. The molecule has 0 aliphatic carbocycles. The maximum Gasteiger partial charge on any atom is 0.253 e. The minimum atomic E-state index is -0.640. The Morgan fingerprint density at radius 3 is 2.10 bits per heavy atom. The highest BCUT2D eigenvalue weighted by atomic mass is 16.5. The van der Waals surface area contributed by atoms with Crippen LogP contribution in [0.2, 0.25) is 0 Å². The third kappa shape index (κ3) is 7.42. The quantitative estimate of drug-likeness (QED) is 0.304. The van der Waals surface area contributed by atoms with Crippen LogP contribution < -0.4 is 16.4 Å². The summed E-state index contributed by atoms with van der Waals surface area (Å²) in [7, 11) is 0. The maximum atomic E-state index is 13.5. The van der Waals surface area contributed by atoms with Crippen molar-refractivity contribution in [2.24, 2.45) is 5.73 Å². The van der Waals surface area contributed by atoms with E-state index in [-0.39, 0.29) is 29.6 Å². The number of hydrogen-bond acceptors (Lipinski definition) is 6. The smallest absolute Gasteiger partial charge is 0.253 e. The zero-order chi connectivity index (χ0) is 29.3. The Bertz CT molecular complexity index is 1380. The van der Waals surface area contributed by atoms with E-state index in [0.29, 0.717) is 49.5 Å². The summed E-state index contributed by atoms with van der Waals surface area (Å²) < 4.78 is 5.41. The van der Waals surface area contributed by atoms with Gasteiger partial charge < -0.3 is 26.0 Å². The number of benzene rings is 3. The Hall–Kier alpha value is -4.05. The van der Waals surface area contributed by atoms with E-state index in [1.54, 1.807) is 12.1 Å². The Labute approximate surface area is 247 Å². The molecule has 3 amide bonds. The highest BCUT2D eigenvalue weighted by Gasteiger charge is 2.24. The average Bonchev–Trinajstić information content (AvgIpc) is 3.54. The molecule has 9 nitrogen and oxygen atoms in total. The first-order valence-corrected chi connectivity index (χ1v) is 14.7. The number of primary amides is 1. The summed E-state index contributed by atoms with van der Waals surface area (Å²) in [6.07, 6.45) is 3.28. The number of anilines is 1. The number of carbonyl (C=O) groups is 3. The van der Waals surface area contributed by atoms with E-state index in [0.717, 1.165) is 37.2 Å². The lowest BCUT2D eigenvalue weighted by atomic mass is 9.92. The minimum absolute atomic E-state index is 0.146. The number of ether oxygens (including phenoxy) is 1. The molecule has 2 saturated heterocycles. The van der Waals surface area contributed by atoms with E-state index in [9.17, 15) is 14.4 Å². The van der Waals surface area contributed by atoms with Gasteiger partial charge in [0.05, 0.1) is 31.0 Å². The van der Waals surface area contributed by atoms with Crippen LogP contribution in [0.4, 0.5) is 5.69 Å². The molecule has 0 spiro atoms. The summed E-state index contributed by atoms with van der Waals surface area (Å²) in [6.45, 7) is 6.22. The molecule has 0 radical (unpaired) electrons. The molecule has 3 aromatic rings. The molecule has 42 heavy (non-hydrogen) atoms. The molecule has 4 N–H and O–H groups in total. The van der Waals surface area contributed by atoms with Crippen LogP contribution in [0.3, 0.4) is 0 Å². The monoisotopic (exact) mass is 569 g/mol. The molecular weight excluding hydrogens is 530 g/mol. The summed E-state index contributed by atoms with van der Waals surface area (Å²) in [6, 6.07) is 20.8. The van der Waals surface area contributed by atoms with Crippen LogP contribution in [0.5, 0.6) is 0 Å². The number of nitrogens with one attached hydrogen (secondary N) is 2. The fraction of sp³-hybridized carbons (Fsp3) is 0.364. The Kier molecular flexibility index (Phi) is 9.97. The molecule has 2 fully saturated rings. The van der Waals surface area contributed by atoms with Crippen molar-refractivity contribution in [2.45, 2.75) is 19.3 Å². The van der Waals surface area contributed by atoms with Gasteiger partial charge in [-0.1, -0.05) is 54.6 Å². The van der Waals surface area contributed by atoms with Gasteiger partial charge >= 0.3 is 0 Å². The van der Waals surface area contributed by atoms with Crippen LogP contribution in [0.25, 0.3) is 22.3 Å². The SMILES string of the molecule is NC(=O)c1ccc(C(=O)NCCCN2CCCC2)c(NC(=O)CN2CCOCC2)c1-c1ccc(-c2ccccc2)cc1. The molecule has 0 unspecified atom stereocenters. The van der Waals surface area contributed by atoms with Gasteiger partial charge in [0.25, 0.3) is 5.91 Å². The molecule has 0 bridgehead atoms. The van der Waals surface area contributed by atoms with Crippen molar-refractivity contribution in [1.29, 1.82) is 0 Å². The lowest BCUT2D eigenvalue weighted by Gasteiger charge is -2.26. The molecule has 5 rings (SSSR count). The molecule has 9 heteroatoms. The van der Waals surface area contributed by atoms with E-state index >= 15 is 0 Å². The van der Waals surface area contributed by atoms with Gasteiger partial charge in [0, 0.05) is 30.8 Å². The molecule has 0 aromatic heterocycles. The van der Waals surface area contributed by atoms with Crippen molar-refractivity contribution in [3.63, 3.8) is 0 Å². The predicted octanol–water partition coefficient (Wildman–Crippen LogP) is 3.61. The standard InChI is InChI=1S/C33H39N5O4/c34-32(40)27-13-14-28(33(41)35-15-6-18-37-16-4-5-17-37)31(36-29(39)23-38-19-21-42-22-20-38)30(27)26-11-9-25(10-12-26)24-7-2-1-3-8-24/h1-3,7-14H,4-6,15-23H2,(H2,34,40)(H,35,41)(H,36,39). The summed E-state index contributed by atoms with van der Waals surface area (Å²) in [5, 5.41) is 6.00. The largest absolute Gasteiger partial charge is 0.379 e. The number of nitrogens with zero attached hydrogens (tertiary/aromatic N) is 2. The van der Waals surface area contributed by atoms with Gasteiger partial charge in [0.2, 0.25) is 11.8 Å². The van der Waals surface area contributed by atoms with Gasteiger partial charge in [-0.25, -0.2) is 0 Å². The second-order valence-corrected chi connectivity index (χ2v) is 10.8. The topological polar surface area (TPSA) is 117 Å². The number of amides is 3. The number of morpholine rings is 1. The Morgan fingerprint density at radius 1 is 0.762 bits per heavy atom. The second-order valence-electron chi connectivity index (χ2n) is 10.8. The molecule has 2 aliphatic rings. The third-order valence-corrected chi connectivity index (χ3v) is 7.87. The summed E-state index contributed by atoms with van der Waals surface area (Å²) in [4.78, 5) is 43.9. The van der Waals surface area contributed by atoms with E-state index in [4.69, 9.17) is 10.5 Å².